The lowest BCUT2D eigenvalue weighted by atomic mass is 10.1. The Balaban J connectivity index is 2.42. The summed E-state index contributed by atoms with van der Waals surface area (Å²) in [4.78, 5) is 2.22. The van der Waals surface area contributed by atoms with Gasteiger partial charge in [0, 0.05) is 16.6 Å². The van der Waals surface area contributed by atoms with Crippen molar-refractivity contribution in [1.29, 1.82) is 0 Å². The summed E-state index contributed by atoms with van der Waals surface area (Å²) in [7, 11) is 4.23. The van der Waals surface area contributed by atoms with E-state index in [0.717, 1.165) is 11.0 Å². The van der Waals surface area contributed by atoms with Crippen LogP contribution in [0.2, 0.25) is 0 Å². The molecule has 1 N–H and O–H groups in total. The summed E-state index contributed by atoms with van der Waals surface area (Å²) in [6.45, 7) is 5.59. The van der Waals surface area contributed by atoms with E-state index in [1.54, 1.807) is 0 Å². The van der Waals surface area contributed by atoms with Crippen LogP contribution >= 0.6 is 15.9 Å². The molecule has 1 aromatic carbocycles. The second-order valence-corrected chi connectivity index (χ2v) is 5.85. The summed E-state index contributed by atoms with van der Waals surface area (Å²) in [6, 6.07) is 9.47. The van der Waals surface area contributed by atoms with E-state index < -0.39 is 0 Å². The van der Waals surface area contributed by atoms with Crippen molar-refractivity contribution in [2.45, 2.75) is 32.4 Å². The number of hydrogen-bond donors (Lipinski definition) is 1. The van der Waals surface area contributed by atoms with E-state index in [-0.39, 0.29) is 0 Å². The molecule has 2 unspecified atom stereocenters. The highest BCUT2D eigenvalue weighted by Gasteiger charge is 2.09. The number of benzene rings is 1. The van der Waals surface area contributed by atoms with Crippen LogP contribution < -0.4 is 5.32 Å². The van der Waals surface area contributed by atoms with Crippen LogP contribution in [0.1, 0.15) is 31.9 Å². The van der Waals surface area contributed by atoms with Gasteiger partial charge in [-0.15, -0.1) is 0 Å². The molecule has 2 nitrogen and oxygen atoms in total. The molecule has 0 radical (unpaired) electrons. The highest BCUT2D eigenvalue weighted by molar-refractivity contribution is 9.10. The standard InChI is InChI=1S/C14H23BrN2/c1-11(9-10-17(3)4)16-12(2)13-5-7-14(15)8-6-13/h5-8,11-12,16H,9-10H2,1-4H3. The Morgan fingerprint density at radius 1 is 1.18 bits per heavy atom. The van der Waals surface area contributed by atoms with Crippen molar-refractivity contribution in [3.63, 3.8) is 0 Å². The Morgan fingerprint density at radius 3 is 2.29 bits per heavy atom. The Kier molecular flexibility index (Phi) is 6.17. The number of nitrogens with zero attached hydrogens (tertiary/aromatic N) is 1. The molecule has 0 amide bonds. The molecule has 0 bridgehead atoms. The van der Waals surface area contributed by atoms with Gasteiger partial charge in [-0.1, -0.05) is 28.1 Å². The molecule has 0 heterocycles. The fraction of sp³-hybridized carbons (Fsp3) is 0.571. The van der Waals surface area contributed by atoms with Gasteiger partial charge in [-0.05, 0) is 58.6 Å². The largest absolute Gasteiger partial charge is 0.309 e. The molecule has 0 saturated carbocycles. The molecule has 0 aliphatic heterocycles. The van der Waals surface area contributed by atoms with Gasteiger partial charge in [-0.25, -0.2) is 0 Å². The monoisotopic (exact) mass is 298 g/mol. The number of nitrogens with one attached hydrogen (secondary N) is 1. The molecule has 0 aromatic heterocycles. The minimum atomic E-state index is 0.403. The van der Waals surface area contributed by atoms with Crippen molar-refractivity contribution in [1.82, 2.24) is 10.2 Å². The van der Waals surface area contributed by atoms with Gasteiger partial charge in [0.2, 0.25) is 0 Å². The third kappa shape index (κ3) is 5.66. The molecule has 1 rings (SSSR count). The van der Waals surface area contributed by atoms with Crippen LogP contribution in [0.15, 0.2) is 28.7 Å². The normalized spacial score (nSPS) is 14.9. The maximum atomic E-state index is 3.63. The first-order chi connectivity index (χ1) is 7.99. The van der Waals surface area contributed by atoms with E-state index in [9.17, 15) is 0 Å². The van der Waals surface area contributed by atoms with Gasteiger partial charge in [0.15, 0.2) is 0 Å². The zero-order valence-corrected chi connectivity index (χ0v) is 12.8. The fourth-order valence-corrected chi connectivity index (χ4v) is 2.07. The van der Waals surface area contributed by atoms with Crippen molar-refractivity contribution in [2.24, 2.45) is 0 Å². The van der Waals surface area contributed by atoms with Gasteiger partial charge < -0.3 is 10.2 Å². The van der Waals surface area contributed by atoms with Gasteiger partial charge >= 0.3 is 0 Å². The average Bonchev–Trinajstić information content (AvgIpc) is 2.27. The second-order valence-electron chi connectivity index (χ2n) is 4.93. The van der Waals surface area contributed by atoms with Crippen LogP contribution in [-0.2, 0) is 0 Å². The number of rotatable bonds is 6. The first kappa shape index (κ1) is 14.7. The molecule has 0 aliphatic carbocycles. The molecular weight excluding hydrogens is 276 g/mol. The SMILES string of the molecule is CC(CCN(C)C)NC(C)c1ccc(Br)cc1. The molecule has 0 saturated heterocycles. The lowest BCUT2D eigenvalue weighted by Gasteiger charge is -2.21. The van der Waals surface area contributed by atoms with Crippen molar-refractivity contribution >= 4 is 15.9 Å². The van der Waals surface area contributed by atoms with Crippen LogP contribution in [0.25, 0.3) is 0 Å². The van der Waals surface area contributed by atoms with Gasteiger partial charge in [-0.3, -0.25) is 0 Å². The predicted octanol–water partition coefficient (Wildman–Crippen LogP) is 3.44. The van der Waals surface area contributed by atoms with Gasteiger partial charge in [0.05, 0.1) is 0 Å². The Bertz CT molecular complexity index is 321. The van der Waals surface area contributed by atoms with Gasteiger partial charge in [0.25, 0.3) is 0 Å². The van der Waals surface area contributed by atoms with Crippen molar-refractivity contribution in [2.75, 3.05) is 20.6 Å². The zero-order chi connectivity index (χ0) is 12.8. The summed E-state index contributed by atoms with van der Waals surface area (Å²) in [5.41, 5.74) is 1.34. The first-order valence-corrected chi connectivity index (χ1v) is 6.94. The third-order valence-corrected chi connectivity index (χ3v) is 3.44. The minimum Gasteiger partial charge on any atom is -0.309 e. The third-order valence-electron chi connectivity index (χ3n) is 2.91. The highest BCUT2D eigenvalue weighted by atomic mass is 79.9. The minimum absolute atomic E-state index is 0.403. The summed E-state index contributed by atoms with van der Waals surface area (Å²) < 4.78 is 1.13. The zero-order valence-electron chi connectivity index (χ0n) is 11.2. The van der Waals surface area contributed by atoms with Crippen LogP contribution in [0.3, 0.4) is 0 Å². The number of halogens is 1. The van der Waals surface area contributed by atoms with Crippen LogP contribution in [0, 0.1) is 0 Å². The highest BCUT2D eigenvalue weighted by Crippen LogP contribution is 2.17. The lowest BCUT2D eigenvalue weighted by Crippen LogP contribution is -2.31. The van der Waals surface area contributed by atoms with Crippen LogP contribution in [-0.4, -0.2) is 31.6 Å². The molecule has 3 heteroatoms. The number of hydrogen-bond acceptors (Lipinski definition) is 2. The van der Waals surface area contributed by atoms with Gasteiger partial charge in [-0.2, -0.15) is 0 Å². The van der Waals surface area contributed by atoms with E-state index in [0.29, 0.717) is 12.1 Å². The smallest absolute Gasteiger partial charge is 0.0294 e. The summed E-state index contributed by atoms with van der Waals surface area (Å²) >= 11 is 3.46. The first-order valence-electron chi connectivity index (χ1n) is 6.15. The molecular formula is C14H23BrN2. The second kappa shape index (κ2) is 7.14. The quantitative estimate of drug-likeness (QED) is 0.865. The topological polar surface area (TPSA) is 15.3 Å². The molecule has 0 spiro atoms. The molecule has 0 fully saturated rings. The Labute approximate surface area is 114 Å². The van der Waals surface area contributed by atoms with E-state index in [2.05, 4.69) is 78.4 Å². The Morgan fingerprint density at radius 2 is 1.76 bits per heavy atom. The summed E-state index contributed by atoms with van der Waals surface area (Å²) in [6.07, 6.45) is 1.17. The van der Waals surface area contributed by atoms with Gasteiger partial charge in [0.1, 0.15) is 0 Å². The van der Waals surface area contributed by atoms with Crippen LogP contribution in [0.4, 0.5) is 0 Å². The van der Waals surface area contributed by atoms with E-state index in [1.807, 2.05) is 0 Å². The average molecular weight is 299 g/mol. The maximum Gasteiger partial charge on any atom is 0.0294 e. The van der Waals surface area contributed by atoms with Crippen molar-refractivity contribution in [3.05, 3.63) is 34.3 Å². The molecule has 17 heavy (non-hydrogen) atoms. The van der Waals surface area contributed by atoms with E-state index in [1.165, 1.54) is 12.0 Å². The molecule has 0 aliphatic rings. The predicted molar refractivity (Wildman–Crippen MR) is 78.3 cm³/mol. The summed E-state index contributed by atoms with van der Waals surface area (Å²) in [5.74, 6) is 0. The van der Waals surface area contributed by atoms with Crippen LogP contribution in [0.5, 0.6) is 0 Å². The van der Waals surface area contributed by atoms with E-state index >= 15 is 0 Å². The summed E-state index contributed by atoms with van der Waals surface area (Å²) in [5, 5.41) is 3.63. The fourth-order valence-electron chi connectivity index (χ4n) is 1.81. The molecule has 2 atom stereocenters. The Hall–Kier alpha value is -0.380. The van der Waals surface area contributed by atoms with Crippen molar-refractivity contribution in [3.8, 4) is 0 Å². The molecule has 1 aromatic rings. The maximum absolute atomic E-state index is 3.63. The molecule has 96 valence electrons. The van der Waals surface area contributed by atoms with Crippen molar-refractivity contribution < 1.29 is 0 Å². The van der Waals surface area contributed by atoms with E-state index in [4.69, 9.17) is 0 Å². The lowest BCUT2D eigenvalue weighted by molar-refractivity contribution is 0.354.